The van der Waals surface area contributed by atoms with Gasteiger partial charge in [0.25, 0.3) is 10.0 Å². The Labute approximate surface area is 154 Å². The van der Waals surface area contributed by atoms with Gasteiger partial charge in [-0.3, -0.25) is 4.72 Å². The molecule has 0 aliphatic carbocycles. The van der Waals surface area contributed by atoms with E-state index in [1.165, 1.54) is 24.3 Å². The van der Waals surface area contributed by atoms with Gasteiger partial charge >= 0.3 is 5.97 Å². The summed E-state index contributed by atoms with van der Waals surface area (Å²) in [6.45, 7) is 0.0459. The fourth-order valence-electron chi connectivity index (χ4n) is 2.19. The summed E-state index contributed by atoms with van der Waals surface area (Å²) in [6, 6.07) is 16.1. The monoisotopic (exact) mass is 389 g/mol. The SMILES string of the molecule is O=C(OCc1ccccc1)c1cc(NS(=O)(=O)c2cccs2)ccc1O. The highest BCUT2D eigenvalue weighted by Gasteiger charge is 2.18. The van der Waals surface area contributed by atoms with Gasteiger partial charge in [0.15, 0.2) is 0 Å². The Balaban J connectivity index is 1.76. The number of anilines is 1. The largest absolute Gasteiger partial charge is 0.507 e. The molecule has 0 fully saturated rings. The third-order valence-corrected chi connectivity index (χ3v) is 6.22. The number of phenolic OH excluding ortho intramolecular Hbond substituents is 1. The molecule has 0 radical (unpaired) electrons. The molecule has 134 valence electrons. The van der Waals surface area contributed by atoms with Gasteiger partial charge in [-0.2, -0.15) is 0 Å². The molecular weight excluding hydrogens is 374 g/mol. The number of sulfonamides is 1. The fourth-order valence-corrected chi connectivity index (χ4v) is 4.23. The Kier molecular flexibility index (Phi) is 5.24. The maximum atomic E-state index is 12.3. The second-order valence-corrected chi connectivity index (χ2v) is 8.19. The molecule has 1 aromatic heterocycles. The van der Waals surface area contributed by atoms with Gasteiger partial charge in [0.2, 0.25) is 0 Å². The molecule has 1 heterocycles. The Morgan fingerprint density at radius 2 is 1.85 bits per heavy atom. The molecule has 6 nitrogen and oxygen atoms in total. The Morgan fingerprint density at radius 1 is 1.08 bits per heavy atom. The maximum absolute atomic E-state index is 12.3. The molecule has 0 atom stereocenters. The van der Waals surface area contributed by atoms with E-state index < -0.39 is 16.0 Å². The van der Waals surface area contributed by atoms with E-state index in [4.69, 9.17) is 4.74 Å². The standard InChI is InChI=1S/C18H15NO5S2/c20-16-9-8-14(19-26(22,23)17-7-4-10-25-17)11-15(16)18(21)24-12-13-5-2-1-3-6-13/h1-11,19-20H,12H2. The number of benzene rings is 2. The minimum absolute atomic E-state index is 0.0459. The van der Waals surface area contributed by atoms with Crippen LogP contribution in [0.15, 0.2) is 70.3 Å². The van der Waals surface area contributed by atoms with Crippen LogP contribution < -0.4 is 4.72 Å². The van der Waals surface area contributed by atoms with Gasteiger partial charge in [0.1, 0.15) is 22.1 Å². The summed E-state index contributed by atoms with van der Waals surface area (Å²) in [7, 11) is -3.75. The first-order valence-electron chi connectivity index (χ1n) is 7.56. The number of aromatic hydroxyl groups is 1. The number of carbonyl (C=O) groups is 1. The number of ether oxygens (including phenoxy) is 1. The van der Waals surface area contributed by atoms with Gasteiger partial charge in [0.05, 0.1) is 0 Å². The minimum atomic E-state index is -3.75. The molecule has 0 bridgehead atoms. The van der Waals surface area contributed by atoms with E-state index in [2.05, 4.69) is 4.72 Å². The van der Waals surface area contributed by atoms with Crippen LogP contribution in [0.2, 0.25) is 0 Å². The minimum Gasteiger partial charge on any atom is -0.507 e. The van der Waals surface area contributed by atoms with Gasteiger partial charge in [-0.15, -0.1) is 11.3 Å². The molecule has 2 N–H and O–H groups in total. The number of phenols is 1. The summed E-state index contributed by atoms with van der Waals surface area (Å²) in [5.41, 5.74) is 0.838. The Hall–Kier alpha value is -2.84. The van der Waals surface area contributed by atoms with Crippen molar-refractivity contribution in [1.82, 2.24) is 0 Å². The van der Waals surface area contributed by atoms with Crippen LogP contribution in [0, 0.1) is 0 Å². The average Bonchev–Trinajstić information content (AvgIpc) is 3.18. The van der Waals surface area contributed by atoms with Crippen molar-refractivity contribution >= 4 is 33.0 Å². The van der Waals surface area contributed by atoms with E-state index in [1.807, 2.05) is 18.2 Å². The molecule has 0 aliphatic rings. The molecule has 3 rings (SSSR count). The van der Waals surface area contributed by atoms with E-state index in [1.54, 1.807) is 23.6 Å². The third-order valence-electron chi connectivity index (χ3n) is 3.44. The van der Waals surface area contributed by atoms with Crippen LogP contribution >= 0.6 is 11.3 Å². The lowest BCUT2D eigenvalue weighted by Crippen LogP contribution is -2.12. The lowest BCUT2D eigenvalue weighted by atomic mass is 10.2. The highest BCUT2D eigenvalue weighted by molar-refractivity contribution is 7.94. The predicted molar refractivity (Wildman–Crippen MR) is 98.8 cm³/mol. The highest BCUT2D eigenvalue weighted by atomic mass is 32.2. The first-order valence-corrected chi connectivity index (χ1v) is 9.92. The summed E-state index contributed by atoms with van der Waals surface area (Å²) in [5.74, 6) is -1.04. The van der Waals surface area contributed by atoms with Crippen LogP contribution in [0.1, 0.15) is 15.9 Å². The number of hydrogen-bond acceptors (Lipinski definition) is 6. The van der Waals surface area contributed by atoms with E-state index in [0.29, 0.717) is 0 Å². The summed E-state index contributed by atoms with van der Waals surface area (Å²) >= 11 is 1.08. The first kappa shape index (κ1) is 18.0. The van der Waals surface area contributed by atoms with Crippen LogP contribution in [-0.4, -0.2) is 19.5 Å². The van der Waals surface area contributed by atoms with Crippen molar-refractivity contribution in [3.8, 4) is 5.75 Å². The molecule has 2 aromatic carbocycles. The summed E-state index contributed by atoms with van der Waals surface area (Å²) in [6.07, 6.45) is 0. The molecule has 0 amide bonds. The summed E-state index contributed by atoms with van der Waals surface area (Å²) in [5, 5.41) is 11.6. The third kappa shape index (κ3) is 4.22. The van der Waals surface area contributed by atoms with E-state index in [0.717, 1.165) is 16.9 Å². The van der Waals surface area contributed by atoms with Gasteiger partial charge in [-0.25, -0.2) is 13.2 Å². The molecule has 0 spiro atoms. The van der Waals surface area contributed by atoms with Crippen LogP contribution in [0.3, 0.4) is 0 Å². The van der Waals surface area contributed by atoms with E-state index in [9.17, 15) is 18.3 Å². The molecule has 0 aliphatic heterocycles. The van der Waals surface area contributed by atoms with Crippen molar-refractivity contribution in [2.75, 3.05) is 4.72 Å². The molecular formula is C18H15NO5S2. The fraction of sp³-hybridized carbons (Fsp3) is 0.0556. The topological polar surface area (TPSA) is 92.7 Å². The molecule has 0 unspecified atom stereocenters. The average molecular weight is 389 g/mol. The van der Waals surface area contributed by atoms with Crippen LogP contribution in [0.5, 0.6) is 5.75 Å². The van der Waals surface area contributed by atoms with Crippen LogP contribution in [0.25, 0.3) is 0 Å². The second-order valence-electron chi connectivity index (χ2n) is 5.33. The number of esters is 1. The molecule has 8 heteroatoms. The number of rotatable bonds is 6. The summed E-state index contributed by atoms with van der Waals surface area (Å²) in [4.78, 5) is 12.2. The highest BCUT2D eigenvalue weighted by Crippen LogP contribution is 2.26. The lowest BCUT2D eigenvalue weighted by molar-refractivity contribution is 0.0469. The van der Waals surface area contributed by atoms with Gasteiger partial charge < -0.3 is 9.84 Å². The van der Waals surface area contributed by atoms with E-state index >= 15 is 0 Å². The molecule has 26 heavy (non-hydrogen) atoms. The number of carbonyl (C=O) groups excluding carboxylic acids is 1. The van der Waals surface area contributed by atoms with Gasteiger partial charge in [-0.1, -0.05) is 36.4 Å². The number of nitrogens with one attached hydrogen (secondary N) is 1. The predicted octanol–water partition coefficient (Wildman–Crippen LogP) is 3.61. The van der Waals surface area contributed by atoms with Crippen molar-refractivity contribution < 1.29 is 23.1 Å². The van der Waals surface area contributed by atoms with Gasteiger partial charge in [0, 0.05) is 5.69 Å². The Bertz CT molecular complexity index is 999. The van der Waals surface area contributed by atoms with E-state index in [-0.39, 0.29) is 27.8 Å². The zero-order valence-electron chi connectivity index (χ0n) is 13.5. The first-order chi connectivity index (χ1) is 12.5. The van der Waals surface area contributed by atoms with Crippen LogP contribution in [0.4, 0.5) is 5.69 Å². The van der Waals surface area contributed by atoms with Crippen molar-refractivity contribution in [2.45, 2.75) is 10.8 Å². The van der Waals surface area contributed by atoms with Crippen molar-refractivity contribution in [3.05, 3.63) is 77.2 Å². The normalized spacial score (nSPS) is 11.1. The van der Waals surface area contributed by atoms with Crippen molar-refractivity contribution in [3.63, 3.8) is 0 Å². The van der Waals surface area contributed by atoms with Crippen LogP contribution in [-0.2, 0) is 21.4 Å². The maximum Gasteiger partial charge on any atom is 0.342 e. The molecule has 0 saturated carbocycles. The number of thiophene rings is 1. The smallest absolute Gasteiger partial charge is 0.342 e. The molecule has 3 aromatic rings. The van der Waals surface area contributed by atoms with Crippen molar-refractivity contribution in [2.24, 2.45) is 0 Å². The van der Waals surface area contributed by atoms with Crippen molar-refractivity contribution in [1.29, 1.82) is 0 Å². The Morgan fingerprint density at radius 3 is 2.54 bits per heavy atom. The molecule has 0 saturated heterocycles. The zero-order valence-corrected chi connectivity index (χ0v) is 15.1. The summed E-state index contributed by atoms with van der Waals surface area (Å²) < 4.78 is 32.2. The second kappa shape index (κ2) is 7.59. The number of hydrogen-bond donors (Lipinski definition) is 2. The van der Waals surface area contributed by atoms with Gasteiger partial charge in [-0.05, 0) is 35.2 Å². The zero-order chi connectivity index (χ0) is 18.6. The quantitative estimate of drug-likeness (QED) is 0.496. The lowest BCUT2D eigenvalue weighted by Gasteiger charge is -2.10.